The molecule has 1 aliphatic rings. The third-order valence-electron chi connectivity index (χ3n) is 3.00. The van der Waals surface area contributed by atoms with Gasteiger partial charge in [0.15, 0.2) is 0 Å². The van der Waals surface area contributed by atoms with E-state index in [9.17, 15) is 5.11 Å². The number of hydrogen-bond donors (Lipinski definition) is 2. The third kappa shape index (κ3) is 2.30. The Morgan fingerprint density at radius 2 is 2.38 bits per heavy atom. The molecule has 2 rings (SSSR count). The Morgan fingerprint density at radius 1 is 1.62 bits per heavy atom. The number of halogens is 1. The van der Waals surface area contributed by atoms with Crippen molar-refractivity contribution in [3.05, 3.63) is 16.7 Å². The van der Waals surface area contributed by atoms with Gasteiger partial charge >= 0.3 is 0 Å². The molecule has 0 radical (unpaired) electrons. The van der Waals surface area contributed by atoms with Gasteiger partial charge < -0.3 is 15.7 Å². The van der Waals surface area contributed by atoms with E-state index in [2.05, 4.69) is 32.7 Å². The highest BCUT2D eigenvalue weighted by Gasteiger charge is 2.25. The van der Waals surface area contributed by atoms with Crippen molar-refractivity contribution in [3.63, 3.8) is 0 Å². The third-order valence-corrected chi connectivity index (χ3v) is 3.59. The zero-order valence-corrected chi connectivity index (χ0v) is 10.8. The van der Waals surface area contributed by atoms with E-state index in [0.717, 1.165) is 29.8 Å². The summed E-state index contributed by atoms with van der Waals surface area (Å²) in [4.78, 5) is 6.51. The predicted molar refractivity (Wildman–Crippen MR) is 68.4 cm³/mol. The van der Waals surface area contributed by atoms with Gasteiger partial charge in [0.1, 0.15) is 5.82 Å². The van der Waals surface area contributed by atoms with E-state index < -0.39 is 0 Å². The summed E-state index contributed by atoms with van der Waals surface area (Å²) in [6.45, 7) is 3.72. The van der Waals surface area contributed by atoms with Crippen molar-refractivity contribution in [2.24, 2.45) is 5.92 Å². The van der Waals surface area contributed by atoms with Crippen molar-refractivity contribution in [2.75, 3.05) is 23.7 Å². The average molecular weight is 286 g/mol. The first-order valence-electron chi connectivity index (χ1n) is 5.42. The summed E-state index contributed by atoms with van der Waals surface area (Å²) in [7, 11) is 0. The Bertz CT molecular complexity index is 385. The molecular weight excluding hydrogens is 270 g/mol. The molecule has 1 aliphatic heterocycles. The fraction of sp³-hybridized carbons (Fsp3) is 0.545. The molecule has 5 heteroatoms. The SMILES string of the molecule is CC1CN(c2ncc(N)cc2Br)CCC1O. The molecule has 3 N–H and O–H groups in total. The number of aliphatic hydroxyl groups is 1. The van der Waals surface area contributed by atoms with Gasteiger partial charge in [0.25, 0.3) is 0 Å². The number of piperidine rings is 1. The molecule has 1 aromatic rings. The summed E-state index contributed by atoms with van der Waals surface area (Å²) in [6, 6.07) is 1.86. The number of nitrogens with zero attached hydrogens (tertiary/aromatic N) is 2. The maximum absolute atomic E-state index is 9.68. The van der Waals surface area contributed by atoms with E-state index in [1.165, 1.54) is 0 Å². The standard InChI is InChI=1S/C11H16BrN3O/c1-7-6-15(3-2-10(7)16)11-9(12)4-8(13)5-14-11/h4-5,7,10,16H,2-3,6,13H2,1H3. The van der Waals surface area contributed by atoms with Crippen LogP contribution in [0, 0.1) is 5.92 Å². The molecule has 2 heterocycles. The second-order valence-electron chi connectivity index (χ2n) is 4.35. The lowest BCUT2D eigenvalue weighted by Gasteiger charge is -2.35. The van der Waals surface area contributed by atoms with Crippen LogP contribution in [0.15, 0.2) is 16.7 Å². The second kappa shape index (κ2) is 4.59. The van der Waals surface area contributed by atoms with Gasteiger partial charge in [0.2, 0.25) is 0 Å². The van der Waals surface area contributed by atoms with Crippen molar-refractivity contribution < 1.29 is 5.11 Å². The van der Waals surface area contributed by atoms with Gasteiger partial charge in [-0.15, -0.1) is 0 Å². The van der Waals surface area contributed by atoms with Crippen LogP contribution >= 0.6 is 15.9 Å². The Kier molecular flexibility index (Phi) is 3.35. The number of nitrogens with two attached hydrogens (primary N) is 1. The summed E-state index contributed by atoms with van der Waals surface area (Å²) in [6.07, 6.45) is 2.26. The fourth-order valence-electron chi connectivity index (χ4n) is 2.00. The monoisotopic (exact) mass is 285 g/mol. The Balaban J connectivity index is 2.18. The number of aromatic nitrogens is 1. The van der Waals surface area contributed by atoms with Crippen molar-refractivity contribution in [3.8, 4) is 0 Å². The number of pyridine rings is 1. The fourth-order valence-corrected chi connectivity index (χ4v) is 2.62. The molecule has 1 aromatic heterocycles. The van der Waals surface area contributed by atoms with Crippen molar-refractivity contribution in [1.29, 1.82) is 0 Å². The molecule has 0 aliphatic carbocycles. The molecule has 0 spiro atoms. The predicted octanol–water partition coefficient (Wildman–Crippen LogP) is 1.63. The molecule has 4 nitrogen and oxygen atoms in total. The Labute approximate surface area is 104 Å². The van der Waals surface area contributed by atoms with E-state index >= 15 is 0 Å². The van der Waals surface area contributed by atoms with Gasteiger partial charge in [0, 0.05) is 13.1 Å². The highest BCUT2D eigenvalue weighted by atomic mass is 79.9. The Hall–Kier alpha value is -0.810. The lowest BCUT2D eigenvalue weighted by molar-refractivity contribution is 0.0968. The van der Waals surface area contributed by atoms with Crippen molar-refractivity contribution in [2.45, 2.75) is 19.4 Å². The van der Waals surface area contributed by atoms with Crippen LogP contribution in [0.3, 0.4) is 0 Å². The number of rotatable bonds is 1. The second-order valence-corrected chi connectivity index (χ2v) is 5.21. The molecule has 0 saturated carbocycles. The molecule has 88 valence electrons. The lowest BCUT2D eigenvalue weighted by Crippen LogP contribution is -2.42. The smallest absolute Gasteiger partial charge is 0.143 e. The molecule has 2 unspecified atom stereocenters. The maximum Gasteiger partial charge on any atom is 0.143 e. The average Bonchev–Trinajstić information content (AvgIpc) is 2.22. The minimum atomic E-state index is -0.191. The molecular formula is C11H16BrN3O. The lowest BCUT2D eigenvalue weighted by atomic mass is 9.97. The molecule has 1 fully saturated rings. The van der Waals surface area contributed by atoms with Crippen LogP contribution in [0.25, 0.3) is 0 Å². The Morgan fingerprint density at radius 3 is 3.00 bits per heavy atom. The quantitative estimate of drug-likeness (QED) is 0.823. The van der Waals surface area contributed by atoms with Gasteiger partial charge in [-0.2, -0.15) is 0 Å². The largest absolute Gasteiger partial charge is 0.397 e. The van der Waals surface area contributed by atoms with Crippen LogP contribution in [0.1, 0.15) is 13.3 Å². The van der Waals surface area contributed by atoms with Crippen LogP contribution in [0.4, 0.5) is 11.5 Å². The zero-order valence-electron chi connectivity index (χ0n) is 9.23. The number of hydrogen-bond acceptors (Lipinski definition) is 4. The van der Waals surface area contributed by atoms with Gasteiger partial charge in [-0.3, -0.25) is 0 Å². The molecule has 1 saturated heterocycles. The number of anilines is 2. The van der Waals surface area contributed by atoms with E-state index in [0.29, 0.717) is 5.69 Å². The normalized spacial score (nSPS) is 25.8. The molecule has 0 aromatic carbocycles. The minimum Gasteiger partial charge on any atom is -0.397 e. The first-order chi connectivity index (χ1) is 7.58. The van der Waals surface area contributed by atoms with E-state index in [1.54, 1.807) is 6.20 Å². The summed E-state index contributed by atoms with van der Waals surface area (Å²) >= 11 is 3.47. The first kappa shape index (κ1) is 11.7. The van der Waals surface area contributed by atoms with Crippen LogP contribution < -0.4 is 10.6 Å². The molecule has 0 amide bonds. The minimum absolute atomic E-state index is 0.191. The molecule has 0 bridgehead atoms. The highest BCUT2D eigenvalue weighted by molar-refractivity contribution is 9.10. The van der Waals surface area contributed by atoms with Gasteiger partial charge in [-0.1, -0.05) is 6.92 Å². The topological polar surface area (TPSA) is 62.4 Å². The van der Waals surface area contributed by atoms with Gasteiger partial charge in [0.05, 0.1) is 22.5 Å². The van der Waals surface area contributed by atoms with Gasteiger partial charge in [-0.25, -0.2) is 4.98 Å². The van der Waals surface area contributed by atoms with Gasteiger partial charge in [-0.05, 0) is 34.3 Å². The van der Waals surface area contributed by atoms with Crippen molar-refractivity contribution in [1.82, 2.24) is 4.98 Å². The summed E-state index contributed by atoms with van der Waals surface area (Å²) < 4.78 is 0.913. The molecule has 16 heavy (non-hydrogen) atoms. The summed E-state index contributed by atoms with van der Waals surface area (Å²) in [5, 5.41) is 9.68. The van der Waals surface area contributed by atoms with Crippen LogP contribution in [-0.2, 0) is 0 Å². The maximum atomic E-state index is 9.68. The van der Waals surface area contributed by atoms with Crippen molar-refractivity contribution >= 4 is 27.4 Å². The summed E-state index contributed by atoms with van der Waals surface area (Å²) in [5.74, 6) is 1.19. The van der Waals surface area contributed by atoms with Crippen LogP contribution in [-0.4, -0.2) is 29.3 Å². The molecule has 2 atom stereocenters. The van der Waals surface area contributed by atoms with E-state index in [4.69, 9.17) is 5.73 Å². The zero-order chi connectivity index (χ0) is 11.7. The van der Waals surface area contributed by atoms with Crippen LogP contribution in [0.5, 0.6) is 0 Å². The number of nitrogen functional groups attached to an aromatic ring is 1. The van der Waals surface area contributed by atoms with Crippen LogP contribution in [0.2, 0.25) is 0 Å². The first-order valence-corrected chi connectivity index (χ1v) is 6.21. The van der Waals surface area contributed by atoms with E-state index in [-0.39, 0.29) is 12.0 Å². The van der Waals surface area contributed by atoms with E-state index in [1.807, 2.05) is 6.07 Å². The number of aliphatic hydroxyl groups excluding tert-OH is 1. The highest BCUT2D eigenvalue weighted by Crippen LogP contribution is 2.29. The summed E-state index contributed by atoms with van der Waals surface area (Å²) in [5.41, 5.74) is 6.31.